The Morgan fingerprint density at radius 3 is 2.68 bits per heavy atom. The van der Waals surface area contributed by atoms with Crippen LogP contribution in [-0.2, 0) is 7.05 Å². The molecule has 0 bridgehead atoms. The number of aromatic hydroxyl groups is 1. The number of carbonyl (C=O) groups is 1. The first-order valence-corrected chi connectivity index (χ1v) is 9.34. The van der Waals surface area contributed by atoms with Gasteiger partial charge < -0.3 is 10.0 Å². The number of carbonyl (C=O) groups excluding carboxylic acids is 1. The van der Waals surface area contributed by atoms with Crippen LogP contribution in [0.4, 0.5) is 0 Å². The summed E-state index contributed by atoms with van der Waals surface area (Å²) in [5, 5.41) is 14.1. The molecule has 1 N–H and O–H groups in total. The Labute approximate surface area is 162 Å². The van der Waals surface area contributed by atoms with E-state index in [0.29, 0.717) is 24.5 Å². The van der Waals surface area contributed by atoms with Crippen molar-refractivity contribution in [3.8, 4) is 11.4 Å². The van der Waals surface area contributed by atoms with Gasteiger partial charge in [-0.25, -0.2) is 14.0 Å². The number of hydrogen-bond acceptors (Lipinski definition) is 4. The van der Waals surface area contributed by atoms with E-state index in [0.717, 1.165) is 18.5 Å². The van der Waals surface area contributed by atoms with Crippen molar-refractivity contribution < 1.29 is 9.90 Å². The van der Waals surface area contributed by atoms with Crippen LogP contribution < -0.4 is 5.69 Å². The van der Waals surface area contributed by atoms with Gasteiger partial charge in [-0.05, 0) is 43.2 Å². The van der Waals surface area contributed by atoms with Crippen molar-refractivity contribution in [3.63, 3.8) is 0 Å². The molecule has 1 aliphatic heterocycles. The Bertz CT molecular complexity index is 1060. The largest absolute Gasteiger partial charge is 0.508 e. The number of para-hydroxylation sites is 1. The lowest BCUT2D eigenvalue weighted by molar-refractivity contribution is 0.0703. The summed E-state index contributed by atoms with van der Waals surface area (Å²) in [5.41, 5.74) is 1.03. The average molecular weight is 378 g/mol. The number of piperidine rings is 1. The average Bonchev–Trinajstić information content (AvgIpc) is 3.03. The van der Waals surface area contributed by atoms with Crippen LogP contribution in [0.25, 0.3) is 5.69 Å². The molecule has 144 valence electrons. The fourth-order valence-electron chi connectivity index (χ4n) is 3.76. The van der Waals surface area contributed by atoms with E-state index in [1.807, 2.05) is 30.3 Å². The number of likely N-dealkylation sites (tertiary alicyclic amines) is 1. The normalized spacial score (nSPS) is 16.9. The van der Waals surface area contributed by atoms with Crippen molar-refractivity contribution in [1.82, 2.24) is 19.2 Å². The van der Waals surface area contributed by atoms with Crippen molar-refractivity contribution in [3.05, 3.63) is 76.5 Å². The predicted octanol–water partition coefficient (Wildman–Crippen LogP) is 2.30. The summed E-state index contributed by atoms with van der Waals surface area (Å²) >= 11 is 0. The lowest BCUT2D eigenvalue weighted by Crippen LogP contribution is -2.40. The lowest BCUT2D eigenvalue weighted by atomic mass is 9.96. The Balaban J connectivity index is 1.65. The summed E-state index contributed by atoms with van der Waals surface area (Å²) in [4.78, 5) is 27.3. The molecule has 1 aromatic heterocycles. The molecule has 1 atom stereocenters. The van der Waals surface area contributed by atoms with E-state index in [9.17, 15) is 14.7 Å². The third-order valence-corrected chi connectivity index (χ3v) is 5.13. The summed E-state index contributed by atoms with van der Waals surface area (Å²) in [6.45, 7) is 1.13. The molecule has 0 radical (unpaired) electrons. The summed E-state index contributed by atoms with van der Waals surface area (Å²) in [6.07, 6.45) is 1.68. The number of nitrogens with zero attached hydrogens (tertiary/aromatic N) is 4. The fraction of sp³-hybridized carbons (Fsp3) is 0.286. The third-order valence-electron chi connectivity index (χ3n) is 5.13. The van der Waals surface area contributed by atoms with Gasteiger partial charge in [-0.3, -0.25) is 4.79 Å². The molecule has 7 heteroatoms. The van der Waals surface area contributed by atoms with Crippen molar-refractivity contribution in [1.29, 1.82) is 0 Å². The zero-order valence-corrected chi connectivity index (χ0v) is 15.7. The molecule has 1 unspecified atom stereocenters. The molecule has 1 saturated heterocycles. The molecule has 1 aliphatic rings. The van der Waals surface area contributed by atoms with Crippen LogP contribution in [-0.4, -0.2) is 43.4 Å². The second kappa shape index (κ2) is 7.34. The molecule has 28 heavy (non-hydrogen) atoms. The second-order valence-corrected chi connectivity index (χ2v) is 7.08. The molecule has 1 fully saturated rings. The number of hydrogen-bond donors (Lipinski definition) is 1. The Hall–Kier alpha value is -3.35. The van der Waals surface area contributed by atoms with Crippen molar-refractivity contribution >= 4 is 5.91 Å². The van der Waals surface area contributed by atoms with Crippen LogP contribution in [0.15, 0.2) is 59.4 Å². The molecule has 2 heterocycles. The van der Waals surface area contributed by atoms with Gasteiger partial charge in [0.05, 0.1) is 5.69 Å². The maximum Gasteiger partial charge on any atom is 0.350 e. The first kappa shape index (κ1) is 18.0. The molecule has 2 aromatic carbocycles. The minimum atomic E-state index is -0.197. The van der Waals surface area contributed by atoms with Gasteiger partial charge in [0, 0.05) is 31.6 Å². The fourth-order valence-corrected chi connectivity index (χ4v) is 3.76. The van der Waals surface area contributed by atoms with E-state index in [1.54, 1.807) is 34.7 Å². The van der Waals surface area contributed by atoms with Gasteiger partial charge >= 0.3 is 5.69 Å². The number of phenols is 1. The number of benzene rings is 2. The first-order chi connectivity index (χ1) is 13.5. The Kier molecular flexibility index (Phi) is 4.73. The van der Waals surface area contributed by atoms with E-state index in [4.69, 9.17) is 0 Å². The molecule has 3 aromatic rings. The van der Waals surface area contributed by atoms with Gasteiger partial charge in [-0.1, -0.05) is 24.3 Å². The standard InChI is InChI=1S/C21H22N4O3/c1-23-21(28)25(17-9-3-2-4-10-17)19(22-23)16-8-6-12-24(14-16)20(27)15-7-5-11-18(26)13-15/h2-5,7,9-11,13,16,26H,6,8,12,14H2,1H3. The minimum absolute atomic E-state index is 0.0379. The summed E-state index contributed by atoms with van der Waals surface area (Å²) in [7, 11) is 1.64. The second-order valence-electron chi connectivity index (χ2n) is 7.08. The molecule has 0 saturated carbocycles. The highest BCUT2D eigenvalue weighted by molar-refractivity contribution is 5.94. The minimum Gasteiger partial charge on any atom is -0.508 e. The van der Waals surface area contributed by atoms with Crippen LogP contribution in [0.3, 0.4) is 0 Å². The number of phenolic OH excluding ortho intramolecular Hbond substituents is 1. The van der Waals surface area contributed by atoms with E-state index >= 15 is 0 Å². The van der Waals surface area contributed by atoms with Crippen molar-refractivity contribution in [2.45, 2.75) is 18.8 Å². The van der Waals surface area contributed by atoms with Gasteiger partial charge in [-0.15, -0.1) is 0 Å². The first-order valence-electron chi connectivity index (χ1n) is 9.34. The highest BCUT2D eigenvalue weighted by Crippen LogP contribution is 2.27. The highest BCUT2D eigenvalue weighted by Gasteiger charge is 2.30. The smallest absolute Gasteiger partial charge is 0.350 e. The maximum absolute atomic E-state index is 12.9. The van der Waals surface area contributed by atoms with E-state index in [1.165, 1.54) is 10.7 Å². The van der Waals surface area contributed by atoms with Crippen molar-refractivity contribution in [2.75, 3.05) is 13.1 Å². The zero-order valence-electron chi connectivity index (χ0n) is 15.7. The maximum atomic E-state index is 12.9. The van der Waals surface area contributed by atoms with Crippen LogP contribution in [0.5, 0.6) is 5.75 Å². The molecule has 4 rings (SSSR count). The lowest BCUT2D eigenvalue weighted by Gasteiger charge is -2.32. The summed E-state index contributed by atoms with van der Waals surface area (Å²) < 4.78 is 2.98. The Morgan fingerprint density at radius 2 is 1.93 bits per heavy atom. The number of rotatable bonds is 3. The number of aromatic nitrogens is 3. The highest BCUT2D eigenvalue weighted by atomic mass is 16.3. The molecule has 0 aliphatic carbocycles. The molecular formula is C21H22N4O3. The SMILES string of the molecule is Cn1nc(C2CCCN(C(=O)c3cccc(O)c3)C2)n(-c2ccccc2)c1=O. The van der Waals surface area contributed by atoms with Gasteiger partial charge in [-0.2, -0.15) is 5.10 Å². The molecule has 1 amide bonds. The molecule has 7 nitrogen and oxygen atoms in total. The zero-order chi connectivity index (χ0) is 19.7. The topological polar surface area (TPSA) is 80.4 Å². The van der Waals surface area contributed by atoms with Gasteiger partial charge in [0.15, 0.2) is 0 Å². The number of amides is 1. The van der Waals surface area contributed by atoms with Gasteiger partial charge in [0.1, 0.15) is 11.6 Å². The van der Waals surface area contributed by atoms with Crippen LogP contribution >= 0.6 is 0 Å². The van der Waals surface area contributed by atoms with Crippen LogP contribution in [0.2, 0.25) is 0 Å². The molecule has 0 spiro atoms. The quantitative estimate of drug-likeness (QED) is 0.758. The van der Waals surface area contributed by atoms with E-state index in [2.05, 4.69) is 5.10 Å². The Morgan fingerprint density at radius 1 is 1.14 bits per heavy atom. The van der Waals surface area contributed by atoms with Crippen molar-refractivity contribution in [2.24, 2.45) is 7.05 Å². The van der Waals surface area contributed by atoms with Gasteiger partial charge in [0.25, 0.3) is 5.91 Å². The number of aryl methyl sites for hydroxylation is 1. The third kappa shape index (κ3) is 3.31. The van der Waals surface area contributed by atoms with Crippen LogP contribution in [0.1, 0.15) is 34.9 Å². The summed E-state index contributed by atoms with van der Waals surface area (Å²) in [5.74, 6) is 0.586. The van der Waals surface area contributed by atoms with E-state index in [-0.39, 0.29) is 23.3 Å². The van der Waals surface area contributed by atoms with Crippen LogP contribution in [0, 0.1) is 0 Å². The van der Waals surface area contributed by atoms with E-state index < -0.39 is 0 Å². The monoisotopic (exact) mass is 378 g/mol. The van der Waals surface area contributed by atoms with Gasteiger partial charge in [0.2, 0.25) is 0 Å². The summed E-state index contributed by atoms with van der Waals surface area (Å²) in [6, 6.07) is 15.8. The predicted molar refractivity (Wildman–Crippen MR) is 105 cm³/mol. The molecular weight excluding hydrogens is 356 g/mol.